The number of amides is 2. The van der Waals surface area contributed by atoms with E-state index in [4.69, 9.17) is 11.6 Å². The number of nitrogens with one attached hydrogen (secondary N) is 1. The van der Waals surface area contributed by atoms with Crippen LogP contribution in [0.2, 0.25) is 5.02 Å². The number of carbonyl (C=O) groups is 1. The minimum absolute atomic E-state index is 0.0734. The van der Waals surface area contributed by atoms with E-state index in [-0.39, 0.29) is 6.03 Å². The normalized spacial score (nSPS) is 15.9. The molecule has 3 nitrogen and oxygen atoms in total. The molecule has 0 radical (unpaired) electrons. The van der Waals surface area contributed by atoms with E-state index in [9.17, 15) is 4.79 Å². The molecule has 1 fully saturated rings. The Morgan fingerprint density at radius 1 is 1.50 bits per heavy atom. The van der Waals surface area contributed by atoms with Crippen molar-refractivity contribution in [3.8, 4) is 0 Å². The zero-order chi connectivity index (χ0) is 10.1. The van der Waals surface area contributed by atoms with E-state index in [2.05, 4.69) is 5.32 Å². The first-order chi connectivity index (χ1) is 6.68. The number of rotatable bonds is 1. The van der Waals surface area contributed by atoms with Crippen LogP contribution < -0.4 is 10.2 Å². The second-order valence-corrected chi connectivity index (χ2v) is 3.75. The number of benzene rings is 1. The van der Waals surface area contributed by atoms with E-state index >= 15 is 0 Å². The van der Waals surface area contributed by atoms with Gasteiger partial charge in [0, 0.05) is 13.1 Å². The number of hydrogen-bond acceptors (Lipinski definition) is 1. The van der Waals surface area contributed by atoms with E-state index < -0.39 is 0 Å². The van der Waals surface area contributed by atoms with Crippen LogP contribution in [0.1, 0.15) is 5.56 Å². The Kier molecular flexibility index (Phi) is 2.33. The fourth-order valence-corrected chi connectivity index (χ4v) is 1.87. The van der Waals surface area contributed by atoms with Crippen LogP contribution in [0, 0.1) is 6.92 Å². The summed E-state index contributed by atoms with van der Waals surface area (Å²) in [5.74, 6) is 0. The first-order valence-corrected chi connectivity index (χ1v) is 4.88. The molecule has 0 bridgehead atoms. The number of nitrogens with zero attached hydrogens (tertiary/aromatic N) is 1. The second-order valence-electron chi connectivity index (χ2n) is 3.34. The Morgan fingerprint density at radius 3 is 2.86 bits per heavy atom. The number of urea groups is 1. The van der Waals surface area contributed by atoms with Gasteiger partial charge in [-0.15, -0.1) is 0 Å². The minimum atomic E-state index is -0.0734. The molecule has 0 unspecified atom stereocenters. The van der Waals surface area contributed by atoms with Crippen molar-refractivity contribution in [3.63, 3.8) is 0 Å². The largest absolute Gasteiger partial charge is 0.336 e. The van der Waals surface area contributed by atoms with Crippen LogP contribution in [-0.2, 0) is 0 Å². The molecule has 2 amide bonds. The van der Waals surface area contributed by atoms with Gasteiger partial charge in [-0.25, -0.2) is 4.79 Å². The number of hydrogen-bond donors (Lipinski definition) is 1. The topological polar surface area (TPSA) is 32.3 Å². The third-order valence-corrected chi connectivity index (χ3v) is 2.55. The van der Waals surface area contributed by atoms with E-state index in [0.29, 0.717) is 18.1 Å². The standard InChI is InChI=1S/C10H11ClN2O/c1-7-2-3-9(8(11)6-7)13-5-4-12-10(13)14/h2-3,6H,4-5H2,1H3,(H,12,14). The summed E-state index contributed by atoms with van der Waals surface area (Å²) in [6, 6.07) is 5.62. The Labute approximate surface area is 87.7 Å². The third kappa shape index (κ3) is 1.55. The highest BCUT2D eigenvalue weighted by atomic mass is 35.5. The van der Waals surface area contributed by atoms with Gasteiger partial charge in [0.2, 0.25) is 0 Å². The summed E-state index contributed by atoms with van der Waals surface area (Å²) < 4.78 is 0. The van der Waals surface area contributed by atoms with Crippen molar-refractivity contribution in [1.29, 1.82) is 0 Å². The van der Waals surface area contributed by atoms with Crippen molar-refractivity contribution >= 4 is 23.3 Å². The van der Waals surface area contributed by atoms with Gasteiger partial charge < -0.3 is 5.32 Å². The Morgan fingerprint density at radius 2 is 2.29 bits per heavy atom. The smallest absolute Gasteiger partial charge is 0.322 e. The highest BCUT2D eigenvalue weighted by Gasteiger charge is 2.22. The zero-order valence-corrected chi connectivity index (χ0v) is 8.64. The van der Waals surface area contributed by atoms with Crippen molar-refractivity contribution in [1.82, 2.24) is 5.32 Å². The molecule has 1 saturated heterocycles. The van der Waals surface area contributed by atoms with Crippen LogP contribution in [0.25, 0.3) is 0 Å². The molecule has 14 heavy (non-hydrogen) atoms. The van der Waals surface area contributed by atoms with E-state index in [1.165, 1.54) is 0 Å². The molecule has 1 aromatic rings. The van der Waals surface area contributed by atoms with Gasteiger partial charge in [-0.3, -0.25) is 4.90 Å². The Balaban J connectivity index is 2.36. The van der Waals surface area contributed by atoms with Gasteiger partial charge in [0.1, 0.15) is 0 Å². The molecule has 0 spiro atoms. The van der Waals surface area contributed by atoms with Gasteiger partial charge in [-0.2, -0.15) is 0 Å². The molecule has 1 aromatic carbocycles. The maximum Gasteiger partial charge on any atom is 0.322 e. The summed E-state index contributed by atoms with van der Waals surface area (Å²) >= 11 is 6.05. The molecule has 1 aliphatic heterocycles. The lowest BCUT2D eigenvalue weighted by Crippen LogP contribution is -2.27. The van der Waals surface area contributed by atoms with E-state index in [0.717, 1.165) is 11.3 Å². The SMILES string of the molecule is Cc1ccc(N2CCNC2=O)c(Cl)c1. The lowest BCUT2D eigenvalue weighted by Gasteiger charge is -2.15. The predicted octanol–water partition coefficient (Wildman–Crippen LogP) is 2.18. The van der Waals surface area contributed by atoms with E-state index in [1.807, 2.05) is 25.1 Å². The first kappa shape index (κ1) is 9.34. The van der Waals surface area contributed by atoms with Crippen LogP contribution in [0.5, 0.6) is 0 Å². The molecular formula is C10H11ClN2O. The molecule has 0 aromatic heterocycles. The monoisotopic (exact) mass is 210 g/mol. The van der Waals surface area contributed by atoms with Gasteiger partial charge in [-0.05, 0) is 24.6 Å². The minimum Gasteiger partial charge on any atom is -0.336 e. The summed E-state index contributed by atoms with van der Waals surface area (Å²) in [6.07, 6.45) is 0. The number of aryl methyl sites for hydroxylation is 1. The highest BCUT2D eigenvalue weighted by Crippen LogP contribution is 2.27. The van der Waals surface area contributed by atoms with Gasteiger partial charge in [0.25, 0.3) is 0 Å². The Hall–Kier alpha value is -1.22. The highest BCUT2D eigenvalue weighted by molar-refractivity contribution is 6.33. The van der Waals surface area contributed by atoms with Gasteiger partial charge in [-0.1, -0.05) is 17.7 Å². The molecule has 0 saturated carbocycles. The molecule has 0 atom stereocenters. The fraction of sp³-hybridized carbons (Fsp3) is 0.300. The summed E-state index contributed by atoms with van der Waals surface area (Å²) in [6.45, 7) is 3.34. The van der Waals surface area contributed by atoms with Crippen LogP contribution in [0.4, 0.5) is 10.5 Å². The average molecular weight is 211 g/mol. The van der Waals surface area contributed by atoms with Gasteiger partial charge in [0.15, 0.2) is 0 Å². The summed E-state index contributed by atoms with van der Waals surface area (Å²) in [5.41, 5.74) is 1.88. The van der Waals surface area contributed by atoms with Crippen LogP contribution in [-0.4, -0.2) is 19.1 Å². The lowest BCUT2D eigenvalue weighted by molar-refractivity contribution is 0.252. The van der Waals surface area contributed by atoms with Crippen molar-refractivity contribution in [2.24, 2.45) is 0 Å². The van der Waals surface area contributed by atoms with Crippen molar-refractivity contribution in [2.75, 3.05) is 18.0 Å². The summed E-state index contributed by atoms with van der Waals surface area (Å²) in [4.78, 5) is 13.0. The molecule has 4 heteroatoms. The van der Waals surface area contributed by atoms with Crippen LogP contribution >= 0.6 is 11.6 Å². The molecule has 1 N–H and O–H groups in total. The Bertz CT molecular complexity index is 378. The quantitative estimate of drug-likeness (QED) is 0.757. The third-order valence-electron chi connectivity index (χ3n) is 2.25. The van der Waals surface area contributed by atoms with Crippen molar-refractivity contribution in [2.45, 2.75) is 6.92 Å². The number of carbonyl (C=O) groups excluding carboxylic acids is 1. The fourth-order valence-electron chi connectivity index (χ4n) is 1.53. The molecule has 1 heterocycles. The van der Waals surface area contributed by atoms with Gasteiger partial charge >= 0.3 is 6.03 Å². The maximum absolute atomic E-state index is 11.4. The number of anilines is 1. The molecule has 1 aliphatic rings. The number of halogens is 1. The average Bonchev–Trinajstić information content (AvgIpc) is 2.52. The van der Waals surface area contributed by atoms with Crippen molar-refractivity contribution in [3.05, 3.63) is 28.8 Å². The maximum atomic E-state index is 11.4. The van der Waals surface area contributed by atoms with Crippen LogP contribution in [0.15, 0.2) is 18.2 Å². The van der Waals surface area contributed by atoms with Crippen molar-refractivity contribution < 1.29 is 4.79 Å². The lowest BCUT2D eigenvalue weighted by atomic mass is 10.2. The summed E-state index contributed by atoms with van der Waals surface area (Å²) in [5, 5.41) is 3.37. The predicted molar refractivity (Wildman–Crippen MR) is 56.9 cm³/mol. The molecule has 2 rings (SSSR count). The first-order valence-electron chi connectivity index (χ1n) is 4.50. The van der Waals surface area contributed by atoms with Crippen LogP contribution in [0.3, 0.4) is 0 Å². The molecule has 74 valence electrons. The molecular weight excluding hydrogens is 200 g/mol. The van der Waals surface area contributed by atoms with E-state index in [1.54, 1.807) is 4.90 Å². The molecule has 0 aliphatic carbocycles. The zero-order valence-electron chi connectivity index (χ0n) is 7.88. The summed E-state index contributed by atoms with van der Waals surface area (Å²) in [7, 11) is 0. The second kappa shape index (κ2) is 3.50. The van der Waals surface area contributed by atoms with Gasteiger partial charge in [0.05, 0.1) is 10.7 Å².